The Bertz CT molecular complexity index is 919. The van der Waals surface area contributed by atoms with Crippen molar-refractivity contribution in [3.63, 3.8) is 0 Å². The Morgan fingerprint density at radius 1 is 1.23 bits per heavy atom. The zero-order chi connectivity index (χ0) is 18.5. The van der Waals surface area contributed by atoms with Crippen LogP contribution >= 0.6 is 39.3 Å². The molecule has 26 heavy (non-hydrogen) atoms. The van der Waals surface area contributed by atoms with Gasteiger partial charge in [0.15, 0.2) is 0 Å². The Kier molecular flexibility index (Phi) is 6.34. The molecule has 0 fully saturated rings. The van der Waals surface area contributed by atoms with Gasteiger partial charge >= 0.3 is 0 Å². The molecule has 0 aliphatic rings. The van der Waals surface area contributed by atoms with Gasteiger partial charge in [0.25, 0.3) is 5.22 Å². The van der Waals surface area contributed by atoms with Crippen molar-refractivity contribution in [3.8, 4) is 11.5 Å². The van der Waals surface area contributed by atoms with Crippen LogP contribution in [0.15, 0.2) is 62.6 Å². The summed E-state index contributed by atoms with van der Waals surface area (Å²) in [6, 6.07) is 15.0. The largest absolute Gasteiger partial charge is 0.411 e. The molecular weight excluding hydrogens is 438 g/mol. The molecule has 0 N–H and O–H groups in total. The second-order valence-electron chi connectivity index (χ2n) is 5.51. The third-order valence-electron chi connectivity index (χ3n) is 3.59. The molecule has 5 nitrogen and oxygen atoms in total. The van der Waals surface area contributed by atoms with Crippen molar-refractivity contribution in [1.29, 1.82) is 0 Å². The normalized spacial score (nSPS) is 10.7. The topological polar surface area (TPSA) is 59.2 Å². The molecule has 134 valence electrons. The van der Waals surface area contributed by atoms with Crippen molar-refractivity contribution >= 4 is 45.2 Å². The maximum Gasteiger partial charge on any atom is 0.277 e. The molecule has 0 saturated heterocycles. The van der Waals surface area contributed by atoms with Gasteiger partial charge in [0.2, 0.25) is 11.8 Å². The summed E-state index contributed by atoms with van der Waals surface area (Å²) in [6.45, 7) is 0.526. The van der Waals surface area contributed by atoms with Gasteiger partial charge in [-0.05, 0) is 29.8 Å². The number of amides is 1. The van der Waals surface area contributed by atoms with Crippen LogP contribution in [-0.2, 0) is 11.3 Å². The van der Waals surface area contributed by atoms with E-state index in [1.807, 2.05) is 36.4 Å². The van der Waals surface area contributed by atoms with Gasteiger partial charge in [0.1, 0.15) is 0 Å². The van der Waals surface area contributed by atoms with Crippen LogP contribution in [0.5, 0.6) is 0 Å². The highest BCUT2D eigenvalue weighted by atomic mass is 79.9. The number of carbonyl (C=O) groups excluding carboxylic acids is 1. The van der Waals surface area contributed by atoms with Crippen molar-refractivity contribution in [3.05, 3.63) is 63.6 Å². The van der Waals surface area contributed by atoms with E-state index in [4.69, 9.17) is 16.0 Å². The summed E-state index contributed by atoms with van der Waals surface area (Å²) >= 11 is 10.7. The Morgan fingerprint density at radius 3 is 2.81 bits per heavy atom. The van der Waals surface area contributed by atoms with E-state index < -0.39 is 0 Å². The number of aromatic nitrogens is 2. The molecule has 1 heterocycles. The lowest BCUT2D eigenvalue weighted by Crippen LogP contribution is -2.27. The van der Waals surface area contributed by atoms with E-state index in [0.717, 1.165) is 15.6 Å². The van der Waals surface area contributed by atoms with Crippen molar-refractivity contribution in [1.82, 2.24) is 15.1 Å². The highest BCUT2D eigenvalue weighted by Crippen LogP contribution is 2.25. The standard InChI is InChI=1S/C18H15BrClN3O2S/c1-23(10-13-5-2-3-8-15(13)19)16(24)11-26-18-22-21-17(25-18)12-6-4-7-14(20)9-12/h2-9H,10-11H2,1H3. The lowest BCUT2D eigenvalue weighted by atomic mass is 10.2. The minimum atomic E-state index is -0.0201. The quantitative estimate of drug-likeness (QED) is 0.498. The number of hydrogen-bond donors (Lipinski definition) is 0. The molecular formula is C18H15BrClN3O2S. The van der Waals surface area contributed by atoms with Gasteiger partial charge in [-0.3, -0.25) is 4.79 Å². The summed E-state index contributed by atoms with van der Waals surface area (Å²) in [5.74, 6) is 0.579. The highest BCUT2D eigenvalue weighted by Gasteiger charge is 2.15. The molecule has 1 amide bonds. The summed E-state index contributed by atoms with van der Waals surface area (Å²) < 4.78 is 6.58. The van der Waals surface area contributed by atoms with E-state index in [-0.39, 0.29) is 11.7 Å². The van der Waals surface area contributed by atoms with Crippen LogP contribution in [0.1, 0.15) is 5.56 Å². The maximum atomic E-state index is 12.3. The van der Waals surface area contributed by atoms with Crippen LogP contribution in [0.3, 0.4) is 0 Å². The Labute approximate surface area is 168 Å². The minimum Gasteiger partial charge on any atom is -0.411 e. The SMILES string of the molecule is CN(Cc1ccccc1Br)C(=O)CSc1nnc(-c2cccc(Cl)c2)o1. The average molecular weight is 453 g/mol. The van der Waals surface area contributed by atoms with Crippen molar-refractivity contribution in [2.75, 3.05) is 12.8 Å². The molecule has 3 aromatic rings. The van der Waals surface area contributed by atoms with Crippen molar-refractivity contribution in [2.24, 2.45) is 0 Å². The van der Waals surface area contributed by atoms with E-state index in [2.05, 4.69) is 26.1 Å². The Morgan fingerprint density at radius 2 is 2.04 bits per heavy atom. The number of rotatable bonds is 6. The zero-order valence-electron chi connectivity index (χ0n) is 13.9. The number of carbonyl (C=O) groups is 1. The number of halogens is 2. The lowest BCUT2D eigenvalue weighted by molar-refractivity contribution is -0.127. The monoisotopic (exact) mass is 451 g/mol. The summed E-state index contributed by atoms with van der Waals surface area (Å²) in [6.07, 6.45) is 0. The van der Waals surface area contributed by atoms with E-state index in [1.165, 1.54) is 11.8 Å². The first-order chi connectivity index (χ1) is 12.5. The lowest BCUT2D eigenvalue weighted by Gasteiger charge is -2.17. The van der Waals surface area contributed by atoms with Gasteiger partial charge < -0.3 is 9.32 Å². The predicted molar refractivity (Wildman–Crippen MR) is 106 cm³/mol. The highest BCUT2D eigenvalue weighted by molar-refractivity contribution is 9.10. The van der Waals surface area contributed by atoms with Gasteiger partial charge in [-0.2, -0.15) is 0 Å². The van der Waals surface area contributed by atoms with Gasteiger partial charge in [-0.25, -0.2) is 0 Å². The summed E-state index contributed by atoms with van der Waals surface area (Å²) in [5.41, 5.74) is 1.80. The van der Waals surface area contributed by atoms with Crippen LogP contribution in [0.4, 0.5) is 0 Å². The first-order valence-electron chi connectivity index (χ1n) is 7.72. The van der Waals surface area contributed by atoms with Crippen LogP contribution in [0, 0.1) is 0 Å². The number of benzene rings is 2. The zero-order valence-corrected chi connectivity index (χ0v) is 17.0. The number of hydrogen-bond acceptors (Lipinski definition) is 5. The Hall–Kier alpha value is -1.83. The molecule has 1 aromatic heterocycles. The molecule has 0 radical (unpaired) electrons. The smallest absolute Gasteiger partial charge is 0.277 e. The Balaban J connectivity index is 1.57. The number of nitrogens with zero attached hydrogens (tertiary/aromatic N) is 3. The molecule has 0 bridgehead atoms. The second kappa shape index (κ2) is 8.70. The van der Waals surface area contributed by atoms with Crippen LogP contribution in [0.25, 0.3) is 11.5 Å². The van der Waals surface area contributed by atoms with Crippen LogP contribution in [0.2, 0.25) is 5.02 Å². The first kappa shape index (κ1) is 18.9. The first-order valence-corrected chi connectivity index (χ1v) is 9.88. The van der Waals surface area contributed by atoms with E-state index in [9.17, 15) is 4.79 Å². The van der Waals surface area contributed by atoms with Gasteiger partial charge in [0, 0.05) is 28.7 Å². The molecule has 0 saturated carbocycles. The summed E-state index contributed by atoms with van der Waals surface area (Å²) in [7, 11) is 1.77. The third kappa shape index (κ3) is 4.87. The van der Waals surface area contributed by atoms with E-state index >= 15 is 0 Å². The fraction of sp³-hybridized carbons (Fsp3) is 0.167. The predicted octanol–water partition coefficient (Wildman–Crippen LogP) is 4.90. The van der Waals surface area contributed by atoms with Crippen molar-refractivity contribution in [2.45, 2.75) is 11.8 Å². The van der Waals surface area contributed by atoms with E-state index in [1.54, 1.807) is 24.1 Å². The summed E-state index contributed by atoms with van der Waals surface area (Å²) in [5, 5.41) is 8.92. The van der Waals surface area contributed by atoms with Crippen LogP contribution < -0.4 is 0 Å². The molecule has 0 atom stereocenters. The molecule has 0 aliphatic carbocycles. The molecule has 0 unspecified atom stereocenters. The third-order valence-corrected chi connectivity index (χ3v) is 5.40. The fourth-order valence-corrected chi connectivity index (χ4v) is 3.51. The minimum absolute atomic E-state index is 0.0201. The average Bonchev–Trinajstić information content (AvgIpc) is 3.10. The second-order valence-corrected chi connectivity index (χ2v) is 7.73. The fourth-order valence-electron chi connectivity index (χ4n) is 2.21. The number of thioether (sulfide) groups is 1. The molecule has 0 spiro atoms. The maximum absolute atomic E-state index is 12.3. The van der Waals surface area contributed by atoms with Crippen LogP contribution in [-0.4, -0.2) is 33.8 Å². The summed E-state index contributed by atoms with van der Waals surface area (Å²) in [4.78, 5) is 14.0. The van der Waals surface area contributed by atoms with Crippen molar-refractivity contribution < 1.29 is 9.21 Å². The molecule has 3 rings (SSSR count). The van der Waals surface area contributed by atoms with Gasteiger partial charge in [0.05, 0.1) is 5.75 Å². The molecule has 2 aromatic carbocycles. The molecule has 8 heteroatoms. The molecule has 0 aliphatic heterocycles. The van der Waals surface area contributed by atoms with Gasteiger partial charge in [-0.15, -0.1) is 10.2 Å². The van der Waals surface area contributed by atoms with E-state index in [0.29, 0.717) is 22.7 Å². The van der Waals surface area contributed by atoms with Gasteiger partial charge in [-0.1, -0.05) is 63.6 Å².